The monoisotopic (exact) mass is 352 g/mol. The largest absolute Gasteiger partial charge is 0.486 e. The third kappa shape index (κ3) is 2.49. The fourth-order valence-electron chi connectivity index (χ4n) is 4.00. The molecule has 0 unspecified atom stereocenters. The maximum atomic E-state index is 12.8. The molecule has 2 aromatic carbocycles. The molecule has 2 aromatic rings. The zero-order valence-corrected chi connectivity index (χ0v) is 14.6. The summed E-state index contributed by atoms with van der Waals surface area (Å²) in [5.41, 5.74) is 1.81. The van der Waals surface area contributed by atoms with Crippen molar-refractivity contribution in [2.75, 3.05) is 26.9 Å². The Kier molecular flexibility index (Phi) is 3.53. The predicted molar refractivity (Wildman–Crippen MR) is 94.6 cm³/mol. The zero-order valence-electron chi connectivity index (χ0n) is 14.6. The molecule has 2 atom stereocenters. The molecule has 0 saturated carbocycles. The number of para-hydroxylation sites is 1. The van der Waals surface area contributed by atoms with Crippen LogP contribution in [-0.2, 0) is 6.54 Å². The number of ether oxygens (including phenoxy) is 3. The van der Waals surface area contributed by atoms with Crippen LogP contribution in [0.4, 0.5) is 0 Å². The van der Waals surface area contributed by atoms with Crippen molar-refractivity contribution >= 4 is 5.91 Å². The van der Waals surface area contributed by atoms with Crippen LogP contribution in [0.5, 0.6) is 17.2 Å². The Labute approximate surface area is 151 Å². The van der Waals surface area contributed by atoms with Gasteiger partial charge in [0.2, 0.25) is 6.79 Å². The zero-order chi connectivity index (χ0) is 17.7. The summed E-state index contributed by atoms with van der Waals surface area (Å²) in [4.78, 5) is 16.9. The minimum atomic E-state index is -0.0263. The summed E-state index contributed by atoms with van der Waals surface area (Å²) in [6, 6.07) is 13.6. The average molecular weight is 352 g/mol. The van der Waals surface area contributed by atoms with Gasteiger partial charge in [0.25, 0.3) is 5.91 Å². The van der Waals surface area contributed by atoms with Crippen molar-refractivity contribution in [2.24, 2.45) is 0 Å². The van der Waals surface area contributed by atoms with Crippen LogP contribution in [-0.4, -0.2) is 54.8 Å². The smallest absolute Gasteiger partial charge is 0.257 e. The number of carbonyl (C=O) groups excluding carboxylic acids is 1. The number of amides is 1. The summed E-state index contributed by atoms with van der Waals surface area (Å²) in [7, 11) is 1.87. The van der Waals surface area contributed by atoms with Crippen LogP contribution < -0.4 is 14.2 Å². The first-order chi connectivity index (χ1) is 12.7. The number of rotatable bonds is 2. The molecule has 0 aromatic heterocycles. The molecule has 1 saturated heterocycles. The molecular weight excluding hydrogens is 332 g/mol. The van der Waals surface area contributed by atoms with E-state index in [1.54, 1.807) is 0 Å². The van der Waals surface area contributed by atoms with Gasteiger partial charge in [-0.3, -0.25) is 9.69 Å². The lowest BCUT2D eigenvalue weighted by molar-refractivity contribution is 0.0682. The van der Waals surface area contributed by atoms with Gasteiger partial charge in [-0.25, -0.2) is 0 Å². The quantitative estimate of drug-likeness (QED) is 0.829. The molecule has 0 radical (unpaired) electrons. The number of hydrogen-bond acceptors (Lipinski definition) is 5. The molecule has 0 bridgehead atoms. The number of likely N-dealkylation sites (N-methyl/N-ethyl adjacent to an activating group) is 1. The summed E-state index contributed by atoms with van der Waals surface area (Å²) in [6.45, 7) is 2.64. The average Bonchev–Trinajstić information content (AvgIpc) is 3.25. The fraction of sp³-hybridized carbons (Fsp3) is 0.350. The van der Waals surface area contributed by atoms with Gasteiger partial charge in [-0.1, -0.05) is 18.2 Å². The Hall–Kier alpha value is -2.73. The predicted octanol–water partition coefficient (Wildman–Crippen LogP) is 2.13. The normalized spacial score (nSPS) is 24.0. The molecule has 1 amide bonds. The van der Waals surface area contributed by atoms with E-state index in [0.717, 1.165) is 31.1 Å². The van der Waals surface area contributed by atoms with Crippen LogP contribution in [0.3, 0.4) is 0 Å². The maximum Gasteiger partial charge on any atom is 0.257 e. The van der Waals surface area contributed by atoms with E-state index < -0.39 is 0 Å². The molecule has 0 N–H and O–H groups in total. The summed E-state index contributed by atoms with van der Waals surface area (Å²) in [5, 5.41) is 0. The van der Waals surface area contributed by atoms with E-state index >= 15 is 0 Å². The van der Waals surface area contributed by atoms with Crippen molar-refractivity contribution in [2.45, 2.75) is 18.7 Å². The number of fused-ring (bicyclic) bond motifs is 3. The van der Waals surface area contributed by atoms with E-state index in [4.69, 9.17) is 14.2 Å². The van der Waals surface area contributed by atoms with Gasteiger partial charge in [0.05, 0.1) is 11.6 Å². The molecule has 3 aliphatic heterocycles. The Morgan fingerprint density at radius 1 is 1.04 bits per heavy atom. The first-order valence-electron chi connectivity index (χ1n) is 8.83. The van der Waals surface area contributed by atoms with Crippen molar-refractivity contribution in [1.82, 2.24) is 9.80 Å². The molecule has 3 heterocycles. The van der Waals surface area contributed by atoms with Crippen LogP contribution in [0, 0.1) is 0 Å². The SMILES string of the molecule is CN1C(=O)c2ccccc2O[C@H]2CN(Cc3ccc4c(c3)OCO4)C[C@H]21. The summed E-state index contributed by atoms with van der Waals surface area (Å²) in [5.74, 6) is 2.30. The number of nitrogens with zero attached hydrogens (tertiary/aromatic N) is 2. The molecule has 5 rings (SSSR count). The highest BCUT2D eigenvalue weighted by atomic mass is 16.7. The van der Waals surface area contributed by atoms with E-state index in [1.807, 2.05) is 48.3 Å². The highest BCUT2D eigenvalue weighted by Gasteiger charge is 2.42. The summed E-state index contributed by atoms with van der Waals surface area (Å²) < 4.78 is 17.1. The number of likely N-dealkylation sites (tertiary alicyclic amines) is 1. The van der Waals surface area contributed by atoms with Crippen molar-refractivity contribution < 1.29 is 19.0 Å². The van der Waals surface area contributed by atoms with E-state index in [-0.39, 0.29) is 24.8 Å². The number of benzene rings is 2. The Morgan fingerprint density at radius 2 is 1.88 bits per heavy atom. The van der Waals surface area contributed by atoms with Gasteiger partial charge >= 0.3 is 0 Å². The minimum Gasteiger partial charge on any atom is -0.486 e. The van der Waals surface area contributed by atoms with Crippen molar-refractivity contribution in [1.29, 1.82) is 0 Å². The van der Waals surface area contributed by atoms with Crippen LogP contribution >= 0.6 is 0 Å². The fourth-order valence-corrected chi connectivity index (χ4v) is 4.00. The van der Waals surface area contributed by atoms with E-state index in [2.05, 4.69) is 11.0 Å². The van der Waals surface area contributed by atoms with E-state index in [9.17, 15) is 4.79 Å². The molecule has 6 nitrogen and oxygen atoms in total. The third-order valence-electron chi connectivity index (χ3n) is 5.37. The van der Waals surface area contributed by atoms with Crippen LogP contribution in [0.15, 0.2) is 42.5 Å². The molecule has 3 aliphatic rings. The standard InChI is InChI=1S/C20H20N2O4/c1-21-15-10-22(9-13-6-7-17-18(8-13)25-12-24-17)11-19(15)26-16-5-3-2-4-14(16)20(21)23/h2-8,15,19H,9-12H2,1H3/t15-,19+/m1/s1. The van der Waals surface area contributed by atoms with Crippen LogP contribution in [0.25, 0.3) is 0 Å². The Bertz CT molecular complexity index is 869. The van der Waals surface area contributed by atoms with Crippen LogP contribution in [0.1, 0.15) is 15.9 Å². The molecule has 0 spiro atoms. The number of carbonyl (C=O) groups is 1. The Morgan fingerprint density at radius 3 is 2.81 bits per heavy atom. The van der Waals surface area contributed by atoms with Crippen molar-refractivity contribution in [3.05, 3.63) is 53.6 Å². The number of hydrogen-bond donors (Lipinski definition) is 0. The minimum absolute atomic E-state index is 0.0260. The lowest BCUT2D eigenvalue weighted by Gasteiger charge is -2.25. The van der Waals surface area contributed by atoms with Gasteiger partial charge in [0, 0.05) is 26.7 Å². The topological polar surface area (TPSA) is 51.2 Å². The first kappa shape index (κ1) is 15.5. The highest BCUT2D eigenvalue weighted by molar-refractivity contribution is 5.97. The molecule has 134 valence electrons. The van der Waals surface area contributed by atoms with Crippen molar-refractivity contribution in [3.63, 3.8) is 0 Å². The highest BCUT2D eigenvalue weighted by Crippen LogP contribution is 2.34. The molecular formula is C20H20N2O4. The lowest BCUT2D eigenvalue weighted by Crippen LogP contribution is -2.44. The van der Waals surface area contributed by atoms with Crippen molar-refractivity contribution in [3.8, 4) is 17.2 Å². The van der Waals surface area contributed by atoms with E-state index in [1.165, 1.54) is 5.56 Å². The second kappa shape index (κ2) is 5.92. The molecule has 1 fully saturated rings. The van der Waals surface area contributed by atoms with Gasteiger partial charge < -0.3 is 19.1 Å². The second-order valence-electron chi connectivity index (χ2n) is 7.02. The maximum absolute atomic E-state index is 12.8. The van der Waals surface area contributed by atoms with E-state index in [0.29, 0.717) is 11.3 Å². The molecule has 0 aliphatic carbocycles. The third-order valence-corrected chi connectivity index (χ3v) is 5.37. The van der Waals surface area contributed by atoms with Gasteiger partial charge in [-0.15, -0.1) is 0 Å². The molecule has 6 heteroatoms. The van der Waals surface area contributed by atoms with Gasteiger partial charge in [-0.05, 0) is 29.8 Å². The van der Waals surface area contributed by atoms with Gasteiger partial charge in [-0.2, -0.15) is 0 Å². The summed E-state index contributed by atoms with van der Waals surface area (Å²) >= 11 is 0. The van der Waals surface area contributed by atoms with Gasteiger partial charge in [0.1, 0.15) is 11.9 Å². The summed E-state index contributed by atoms with van der Waals surface area (Å²) in [6.07, 6.45) is -0.0263. The first-order valence-corrected chi connectivity index (χ1v) is 8.83. The van der Waals surface area contributed by atoms with Crippen LogP contribution in [0.2, 0.25) is 0 Å². The lowest BCUT2D eigenvalue weighted by atomic mass is 10.1. The second-order valence-corrected chi connectivity index (χ2v) is 7.02. The molecule has 26 heavy (non-hydrogen) atoms. The Balaban J connectivity index is 1.36. The van der Waals surface area contributed by atoms with Gasteiger partial charge in [0.15, 0.2) is 11.5 Å².